The molecule has 0 saturated heterocycles. The van der Waals surface area contributed by atoms with E-state index in [0.29, 0.717) is 11.7 Å². The van der Waals surface area contributed by atoms with Crippen LogP contribution < -0.4 is 0 Å². The van der Waals surface area contributed by atoms with Crippen molar-refractivity contribution >= 4 is 15.9 Å². The van der Waals surface area contributed by atoms with Gasteiger partial charge < -0.3 is 4.52 Å². The predicted octanol–water partition coefficient (Wildman–Crippen LogP) is 4.16. The first-order valence-corrected chi connectivity index (χ1v) is 6.72. The minimum atomic E-state index is 0.478. The maximum atomic E-state index is 5.36. The molecule has 0 spiro atoms. The summed E-state index contributed by atoms with van der Waals surface area (Å²) in [6.07, 6.45) is 4.92. The van der Waals surface area contributed by atoms with Crippen LogP contribution >= 0.6 is 15.9 Å². The number of rotatable bonds is 2. The Kier molecular flexibility index (Phi) is 2.97. The lowest BCUT2D eigenvalue weighted by molar-refractivity contribution is 0.354. The van der Waals surface area contributed by atoms with E-state index in [9.17, 15) is 0 Å². The smallest absolute Gasteiger partial charge is 0.230 e. The summed E-state index contributed by atoms with van der Waals surface area (Å²) in [6.45, 7) is 0. The zero-order chi connectivity index (χ0) is 11.7. The Morgan fingerprint density at radius 1 is 1.12 bits per heavy atom. The van der Waals surface area contributed by atoms with Crippen molar-refractivity contribution in [1.82, 2.24) is 10.1 Å². The lowest BCUT2D eigenvalue weighted by atomic mass is 10.1. The SMILES string of the molecule is Brc1ccc(-c2noc(C3CCCC3)n2)cc1. The first kappa shape index (κ1) is 11.0. The summed E-state index contributed by atoms with van der Waals surface area (Å²) in [7, 11) is 0. The highest BCUT2D eigenvalue weighted by molar-refractivity contribution is 9.10. The quantitative estimate of drug-likeness (QED) is 0.834. The van der Waals surface area contributed by atoms with E-state index in [2.05, 4.69) is 26.1 Å². The molecule has 0 N–H and O–H groups in total. The van der Waals surface area contributed by atoms with Gasteiger partial charge in [-0.1, -0.05) is 33.9 Å². The molecule has 4 heteroatoms. The van der Waals surface area contributed by atoms with Gasteiger partial charge >= 0.3 is 0 Å². The van der Waals surface area contributed by atoms with Crippen molar-refractivity contribution in [3.05, 3.63) is 34.6 Å². The predicted molar refractivity (Wildman–Crippen MR) is 68.6 cm³/mol. The van der Waals surface area contributed by atoms with Gasteiger partial charge in [-0.25, -0.2) is 0 Å². The van der Waals surface area contributed by atoms with Crippen molar-refractivity contribution < 1.29 is 4.52 Å². The molecular formula is C13H13BrN2O. The topological polar surface area (TPSA) is 38.9 Å². The number of halogens is 1. The fourth-order valence-corrected chi connectivity index (χ4v) is 2.55. The number of aromatic nitrogens is 2. The Bertz CT molecular complexity index is 500. The summed E-state index contributed by atoms with van der Waals surface area (Å²) >= 11 is 3.41. The van der Waals surface area contributed by atoms with Crippen molar-refractivity contribution in [2.45, 2.75) is 31.6 Å². The van der Waals surface area contributed by atoms with Crippen LogP contribution in [-0.2, 0) is 0 Å². The van der Waals surface area contributed by atoms with Crippen LogP contribution in [0.25, 0.3) is 11.4 Å². The molecule has 3 rings (SSSR count). The molecule has 1 aliphatic rings. The highest BCUT2D eigenvalue weighted by Gasteiger charge is 2.23. The molecule has 0 amide bonds. The van der Waals surface area contributed by atoms with Crippen LogP contribution in [0.4, 0.5) is 0 Å². The molecule has 0 bridgehead atoms. The standard InChI is InChI=1S/C13H13BrN2O/c14-11-7-5-9(6-8-11)12-15-13(17-16-12)10-3-1-2-4-10/h5-8,10H,1-4H2. The maximum Gasteiger partial charge on any atom is 0.230 e. The van der Waals surface area contributed by atoms with Gasteiger partial charge in [0.05, 0.1) is 0 Å². The first-order chi connectivity index (χ1) is 8.33. The summed E-state index contributed by atoms with van der Waals surface area (Å²) in [4.78, 5) is 4.50. The Balaban J connectivity index is 1.86. The van der Waals surface area contributed by atoms with Gasteiger partial charge in [0.2, 0.25) is 11.7 Å². The summed E-state index contributed by atoms with van der Waals surface area (Å²) in [6, 6.07) is 7.96. The maximum absolute atomic E-state index is 5.36. The van der Waals surface area contributed by atoms with E-state index in [-0.39, 0.29) is 0 Å². The average molecular weight is 293 g/mol. The summed E-state index contributed by atoms with van der Waals surface area (Å²) in [5.41, 5.74) is 1.00. The highest BCUT2D eigenvalue weighted by atomic mass is 79.9. The third-order valence-electron chi connectivity index (χ3n) is 3.25. The summed E-state index contributed by atoms with van der Waals surface area (Å²) < 4.78 is 6.42. The van der Waals surface area contributed by atoms with Gasteiger partial charge in [0.25, 0.3) is 0 Å². The Morgan fingerprint density at radius 2 is 1.82 bits per heavy atom. The normalized spacial score (nSPS) is 16.5. The van der Waals surface area contributed by atoms with Crippen molar-refractivity contribution in [3.63, 3.8) is 0 Å². The van der Waals surface area contributed by atoms with Gasteiger partial charge in [-0.05, 0) is 37.1 Å². The fraction of sp³-hybridized carbons (Fsp3) is 0.385. The van der Waals surface area contributed by atoms with Crippen molar-refractivity contribution in [3.8, 4) is 11.4 Å². The Morgan fingerprint density at radius 3 is 2.53 bits per heavy atom. The molecule has 1 aromatic carbocycles. The van der Waals surface area contributed by atoms with E-state index >= 15 is 0 Å². The molecule has 17 heavy (non-hydrogen) atoms. The molecule has 1 aromatic heterocycles. The van der Waals surface area contributed by atoms with Crippen molar-refractivity contribution in [1.29, 1.82) is 0 Å². The van der Waals surface area contributed by atoms with Crippen molar-refractivity contribution in [2.75, 3.05) is 0 Å². The van der Waals surface area contributed by atoms with Crippen LogP contribution in [0.3, 0.4) is 0 Å². The second-order valence-corrected chi connectivity index (χ2v) is 5.36. The molecule has 0 unspecified atom stereocenters. The fourth-order valence-electron chi connectivity index (χ4n) is 2.29. The van der Waals surface area contributed by atoms with Gasteiger partial charge in [0.1, 0.15) is 0 Å². The van der Waals surface area contributed by atoms with Gasteiger partial charge in [-0.2, -0.15) is 4.98 Å². The second kappa shape index (κ2) is 4.61. The number of hydrogen-bond acceptors (Lipinski definition) is 3. The molecule has 0 aliphatic heterocycles. The van der Waals surface area contributed by atoms with Crippen LogP contribution in [-0.4, -0.2) is 10.1 Å². The van der Waals surface area contributed by atoms with Crippen LogP contribution in [0.5, 0.6) is 0 Å². The van der Waals surface area contributed by atoms with Gasteiger partial charge in [-0.15, -0.1) is 0 Å². The van der Waals surface area contributed by atoms with E-state index in [1.807, 2.05) is 24.3 Å². The molecule has 1 fully saturated rings. The Hall–Kier alpha value is -1.16. The second-order valence-electron chi connectivity index (χ2n) is 4.44. The average Bonchev–Trinajstić information content (AvgIpc) is 3.00. The molecule has 0 atom stereocenters. The molecular weight excluding hydrogens is 280 g/mol. The lowest BCUT2D eigenvalue weighted by Crippen LogP contribution is -1.91. The minimum Gasteiger partial charge on any atom is -0.339 e. The van der Waals surface area contributed by atoms with Crippen LogP contribution in [0, 0.1) is 0 Å². The minimum absolute atomic E-state index is 0.478. The van der Waals surface area contributed by atoms with Crippen LogP contribution in [0.15, 0.2) is 33.3 Å². The molecule has 1 heterocycles. The van der Waals surface area contributed by atoms with Crippen molar-refractivity contribution in [2.24, 2.45) is 0 Å². The van der Waals surface area contributed by atoms with E-state index in [1.165, 1.54) is 25.7 Å². The van der Waals surface area contributed by atoms with E-state index in [0.717, 1.165) is 15.9 Å². The molecule has 0 radical (unpaired) electrons. The molecule has 1 aliphatic carbocycles. The van der Waals surface area contributed by atoms with Crippen LogP contribution in [0.1, 0.15) is 37.5 Å². The summed E-state index contributed by atoms with van der Waals surface area (Å²) in [5.74, 6) is 1.98. The molecule has 88 valence electrons. The number of benzene rings is 1. The van der Waals surface area contributed by atoms with E-state index in [1.54, 1.807) is 0 Å². The monoisotopic (exact) mass is 292 g/mol. The van der Waals surface area contributed by atoms with E-state index < -0.39 is 0 Å². The van der Waals surface area contributed by atoms with Gasteiger partial charge in [0, 0.05) is 16.0 Å². The summed E-state index contributed by atoms with van der Waals surface area (Å²) in [5, 5.41) is 4.06. The van der Waals surface area contributed by atoms with Crippen LogP contribution in [0.2, 0.25) is 0 Å². The zero-order valence-electron chi connectivity index (χ0n) is 9.40. The molecule has 1 saturated carbocycles. The number of hydrogen-bond donors (Lipinski definition) is 0. The molecule has 3 nitrogen and oxygen atoms in total. The largest absolute Gasteiger partial charge is 0.339 e. The first-order valence-electron chi connectivity index (χ1n) is 5.92. The highest BCUT2D eigenvalue weighted by Crippen LogP contribution is 2.33. The third kappa shape index (κ3) is 2.27. The van der Waals surface area contributed by atoms with Gasteiger partial charge in [0.15, 0.2) is 0 Å². The Labute approximate surface area is 108 Å². The molecule has 2 aromatic rings. The van der Waals surface area contributed by atoms with E-state index in [4.69, 9.17) is 4.52 Å². The van der Waals surface area contributed by atoms with Gasteiger partial charge in [-0.3, -0.25) is 0 Å². The zero-order valence-corrected chi connectivity index (χ0v) is 11.0. The lowest BCUT2D eigenvalue weighted by Gasteiger charge is -1.99. The third-order valence-corrected chi connectivity index (χ3v) is 3.78. The number of nitrogens with zero attached hydrogens (tertiary/aromatic N) is 2.